The number of hydrogen-bond acceptors (Lipinski definition) is 1. The highest BCUT2D eigenvalue weighted by Gasteiger charge is 1.60. The van der Waals surface area contributed by atoms with E-state index in [9.17, 15) is 4.79 Å². The van der Waals surface area contributed by atoms with E-state index in [-0.39, 0.29) is 0 Å². The Labute approximate surface area is 32.0 Å². The summed E-state index contributed by atoms with van der Waals surface area (Å²) >= 11 is 0. The quantitative estimate of drug-likeness (QED) is 0.347. The van der Waals surface area contributed by atoms with Crippen LogP contribution >= 0.6 is 0 Å². The van der Waals surface area contributed by atoms with E-state index in [0.717, 1.165) is 12.7 Å². The standard InChI is InChI=1S/C4H7O/c1-2-3-4-5/h4H,1-3H2/q-1. The summed E-state index contributed by atoms with van der Waals surface area (Å²) in [6, 6.07) is 0. The SMILES string of the molecule is [CH2-]CCC=O. The third-order valence-corrected chi connectivity index (χ3v) is 0.322. The molecule has 0 aliphatic rings. The van der Waals surface area contributed by atoms with E-state index in [4.69, 9.17) is 0 Å². The van der Waals surface area contributed by atoms with Crippen LogP contribution in [0.3, 0.4) is 0 Å². The molecule has 0 bridgehead atoms. The minimum absolute atomic E-state index is 0.597. The summed E-state index contributed by atoms with van der Waals surface area (Å²) in [5.74, 6) is 0. The van der Waals surface area contributed by atoms with Gasteiger partial charge in [0.05, 0.1) is 0 Å². The lowest BCUT2D eigenvalue weighted by Gasteiger charge is -1.78. The van der Waals surface area contributed by atoms with Gasteiger partial charge in [0, 0.05) is 0 Å². The van der Waals surface area contributed by atoms with Gasteiger partial charge < -0.3 is 11.7 Å². The van der Waals surface area contributed by atoms with Crippen LogP contribution in [0.5, 0.6) is 0 Å². The smallest absolute Gasteiger partial charge is 0.117 e. The molecule has 0 rings (SSSR count). The van der Waals surface area contributed by atoms with Crippen molar-refractivity contribution < 1.29 is 4.79 Å². The number of hydrogen-bond donors (Lipinski definition) is 0. The minimum Gasteiger partial charge on any atom is -0.343 e. The summed E-state index contributed by atoms with van der Waals surface area (Å²) in [5.41, 5.74) is 0. The zero-order chi connectivity index (χ0) is 4.12. The third kappa shape index (κ3) is 3.67. The number of rotatable bonds is 2. The van der Waals surface area contributed by atoms with Crippen LogP contribution < -0.4 is 0 Å². The van der Waals surface area contributed by atoms with Crippen LogP contribution in [0.2, 0.25) is 0 Å². The molecule has 0 saturated heterocycles. The molecule has 0 aliphatic carbocycles. The Kier molecular flexibility index (Phi) is 3.43. The van der Waals surface area contributed by atoms with Crippen molar-refractivity contribution in [1.29, 1.82) is 0 Å². The molecule has 0 radical (unpaired) electrons. The third-order valence-electron chi connectivity index (χ3n) is 0.322. The number of unbranched alkanes of at least 4 members (excludes halogenated alkanes) is 1. The first-order chi connectivity index (χ1) is 2.41. The largest absolute Gasteiger partial charge is 0.343 e. The van der Waals surface area contributed by atoms with Gasteiger partial charge in [0.1, 0.15) is 6.29 Å². The fourth-order valence-corrected chi connectivity index (χ4v) is 0.0833. The summed E-state index contributed by atoms with van der Waals surface area (Å²) in [6.45, 7) is 3.44. The van der Waals surface area contributed by atoms with Crippen LogP contribution in [0, 0.1) is 6.92 Å². The fourth-order valence-electron chi connectivity index (χ4n) is 0.0833. The number of carbonyl (C=O) groups excluding carboxylic acids is 1. The molecule has 0 heterocycles. The molecule has 0 aromatic carbocycles. The highest BCUT2D eigenvalue weighted by atomic mass is 16.1. The second-order valence-electron chi connectivity index (χ2n) is 0.809. The molecule has 30 valence electrons. The Morgan fingerprint density at radius 2 is 2.40 bits per heavy atom. The molecule has 0 unspecified atom stereocenters. The molecule has 0 N–H and O–H groups in total. The molecule has 5 heavy (non-hydrogen) atoms. The van der Waals surface area contributed by atoms with Crippen molar-refractivity contribution in [3.63, 3.8) is 0 Å². The average molecular weight is 71.1 g/mol. The fraction of sp³-hybridized carbons (Fsp3) is 0.500. The van der Waals surface area contributed by atoms with Gasteiger partial charge in [-0.15, -0.1) is 0 Å². The molecule has 1 nitrogen and oxygen atoms in total. The molecular weight excluding hydrogens is 64.0 g/mol. The molecule has 0 spiro atoms. The van der Waals surface area contributed by atoms with Crippen LogP contribution in [0.1, 0.15) is 12.8 Å². The minimum atomic E-state index is 0.597. The summed E-state index contributed by atoms with van der Waals surface area (Å²) in [4.78, 5) is 9.36. The van der Waals surface area contributed by atoms with E-state index < -0.39 is 0 Å². The molecular formula is C4H7O-. The summed E-state index contributed by atoms with van der Waals surface area (Å²) in [6.07, 6.45) is 2.19. The Morgan fingerprint density at radius 3 is 2.40 bits per heavy atom. The zero-order valence-corrected chi connectivity index (χ0v) is 3.11. The van der Waals surface area contributed by atoms with Crippen molar-refractivity contribution >= 4 is 6.29 Å². The van der Waals surface area contributed by atoms with Crippen molar-refractivity contribution in [1.82, 2.24) is 0 Å². The van der Waals surface area contributed by atoms with E-state index in [2.05, 4.69) is 6.92 Å². The van der Waals surface area contributed by atoms with Crippen LogP contribution in [0.4, 0.5) is 0 Å². The van der Waals surface area contributed by atoms with Gasteiger partial charge in [-0.3, -0.25) is 0 Å². The molecule has 0 aromatic heterocycles. The summed E-state index contributed by atoms with van der Waals surface area (Å²) in [5, 5.41) is 0. The van der Waals surface area contributed by atoms with Crippen LogP contribution in [-0.4, -0.2) is 6.29 Å². The summed E-state index contributed by atoms with van der Waals surface area (Å²) < 4.78 is 0. The van der Waals surface area contributed by atoms with Crippen molar-refractivity contribution in [3.05, 3.63) is 6.92 Å². The van der Waals surface area contributed by atoms with E-state index in [1.807, 2.05) is 0 Å². The van der Waals surface area contributed by atoms with Crippen molar-refractivity contribution in [2.75, 3.05) is 0 Å². The normalized spacial score (nSPS) is 7.40. The second kappa shape index (κ2) is 3.67. The van der Waals surface area contributed by atoms with Crippen LogP contribution in [-0.2, 0) is 4.79 Å². The molecule has 0 fully saturated rings. The molecule has 0 amide bonds. The van der Waals surface area contributed by atoms with Gasteiger partial charge in [0.15, 0.2) is 0 Å². The zero-order valence-electron chi connectivity index (χ0n) is 3.11. The Balaban J connectivity index is 2.40. The van der Waals surface area contributed by atoms with Gasteiger partial charge in [-0.05, 0) is 6.42 Å². The molecule has 1 heteroatoms. The molecule has 0 aromatic rings. The maximum Gasteiger partial charge on any atom is 0.117 e. The molecule has 0 atom stereocenters. The number of carbonyl (C=O) groups is 1. The Morgan fingerprint density at radius 1 is 1.80 bits per heavy atom. The van der Waals surface area contributed by atoms with Gasteiger partial charge in [0.2, 0.25) is 0 Å². The van der Waals surface area contributed by atoms with Crippen LogP contribution in [0.25, 0.3) is 0 Å². The van der Waals surface area contributed by atoms with Crippen molar-refractivity contribution in [2.45, 2.75) is 12.8 Å². The van der Waals surface area contributed by atoms with Crippen molar-refractivity contribution in [3.8, 4) is 0 Å². The number of aldehydes is 1. The second-order valence-corrected chi connectivity index (χ2v) is 0.809. The summed E-state index contributed by atoms with van der Waals surface area (Å²) in [7, 11) is 0. The maximum atomic E-state index is 9.36. The van der Waals surface area contributed by atoms with Gasteiger partial charge in [-0.2, -0.15) is 6.42 Å². The molecule has 0 saturated carbocycles. The molecule has 0 aliphatic heterocycles. The highest BCUT2D eigenvalue weighted by Crippen LogP contribution is 1.73. The van der Waals surface area contributed by atoms with Gasteiger partial charge >= 0.3 is 0 Å². The first-order valence-electron chi connectivity index (χ1n) is 1.64. The van der Waals surface area contributed by atoms with Gasteiger partial charge in [0.25, 0.3) is 0 Å². The highest BCUT2D eigenvalue weighted by molar-refractivity contribution is 5.49. The monoisotopic (exact) mass is 71.1 g/mol. The Hall–Kier alpha value is -0.330. The van der Waals surface area contributed by atoms with Gasteiger partial charge in [-0.25, -0.2) is 0 Å². The first kappa shape index (κ1) is 4.67. The lowest BCUT2D eigenvalue weighted by molar-refractivity contribution is -0.107. The van der Waals surface area contributed by atoms with E-state index in [1.165, 1.54) is 0 Å². The Bertz CT molecular complexity index is 24.8. The maximum absolute atomic E-state index is 9.36. The van der Waals surface area contributed by atoms with Crippen molar-refractivity contribution in [2.24, 2.45) is 0 Å². The predicted molar refractivity (Wildman–Crippen MR) is 20.7 cm³/mol. The lowest BCUT2D eigenvalue weighted by Crippen LogP contribution is -1.65. The van der Waals surface area contributed by atoms with E-state index in [1.54, 1.807) is 0 Å². The topological polar surface area (TPSA) is 17.1 Å². The average Bonchev–Trinajstić information content (AvgIpc) is 1.41. The van der Waals surface area contributed by atoms with E-state index >= 15 is 0 Å². The lowest BCUT2D eigenvalue weighted by atomic mass is 10.4. The van der Waals surface area contributed by atoms with E-state index in [0.29, 0.717) is 6.42 Å². The van der Waals surface area contributed by atoms with Gasteiger partial charge in [-0.1, -0.05) is 0 Å². The predicted octanol–water partition coefficient (Wildman–Crippen LogP) is 0.800. The first-order valence-corrected chi connectivity index (χ1v) is 1.64. The van der Waals surface area contributed by atoms with Crippen LogP contribution in [0.15, 0.2) is 0 Å².